The Morgan fingerprint density at radius 1 is 0.394 bits per heavy atom. The highest BCUT2D eigenvalue weighted by molar-refractivity contribution is 5.76. The predicted molar refractivity (Wildman–Crippen MR) is 310 cm³/mol. The molecule has 0 saturated heterocycles. The van der Waals surface area contributed by atoms with Gasteiger partial charge in [0.2, 0.25) is 5.91 Å². The lowest BCUT2D eigenvalue weighted by Crippen LogP contribution is -2.45. The van der Waals surface area contributed by atoms with Gasteiger partial charge >= 0.3 is 5.97 Å². The van der Waals surface area contributed by atoms with Gasteiger partial charge in [-0.05, 0) is 83.5 Å². The van der Waals surface area contributed by atoms with Crippen LogP contribution in [-0.2, 0) is 14.3 Å². The fourth-order valence-corrected chi connectivity index (χ4v) is 9.78. The van der Waals surface area contributed by atoms with Crippen LogP contribution in [0.15, 0.2) is 36.5 Å². The van der Waals surface area contributed by atoms with E-state index in [1.807, 2.05) is 0 Å². The lowest BCUT2D eigenvalue weighted by atomic mass is 10.0. The fourth-order valence-electron chi connectivity index (χ4n) is 9.78. The van der Waals surface area contributed by atoms with Gasteiger partial charge in [0.1, 0.15) is 0 Å². The van der Waals surface area contributed by atoms with Crippen molar-refractivity contribution in [2.45, 2.75) is 353 Å². The molecule has 0 aliphatic rings. The quantitative estimate of drug-likeness (QED) is 0.0321. The van der Waals surface area contributed by atoms with Gasteiger partial charge < -0.3 is 20.3 Å². The van der Waals surface area contributed by atoms with Crippen LogP contribution in [-0.4, -0.2) is 47.4 Å². The highest BCUT2D eigenvalue weighted by atomic mass is 16.5. The molecule has 0 fully saturated rings. The Morgan fingerprint density at radius 2 is 0.704 bits per heavy atom. The van der Waals surface area contributed by atoms with Crippen molar-refractivity contribution in [3.63, 3.8) is 0 Å². The molecule has 1 amide bonds. The van der Waals surface area contributed by atoms with Crippen molar-refractivity contribution < 1.29 is 24.5 Å². The lowest BCUT2D eigenvalue weighted by molar-refractivity contribution is -0.143. The molecule has 2 unspecified atom stereocenters. The number of carbonyl (C=O) groups is 2. The standard InChI is InChI=1S/C65H123NO5/c1-3-5-7-9-11-13-15-17-19-31-35-39-43-47-51-55-59-65(70)71-60-56-52-48-44-40-36-32-28-26-24-22-20-21-23-25-27-30-34-38-42-46-50-54-58-64(69)66-62(61-67)63(68)57-53-49-45-41-37-33-29-18-16-14-12-10-8-6-4-2/h13,15,19,23,25,31,62-63,67-68H,3-12,14,16-18,20-22,24,26-30,32-61H2,1-2H3,(H,66,69)/b15-13-,25-23-,31-19-. The Hall–Kier alpha value is -1.92. The first-order valence-electron chi connectivity index (χ1n) is 31.7. The topological polar surface area (TPSA) is 95.9 Å². The summed E-state index contributed by atoms with van der Waals surface area (Å²) in [6.45, 7) is 4.94. The molecule has 0 heterocycles. The summed E-state index contributed by atoms with van der Waals surface area (Å²) >= 11 is 0. The third-order valence-electron chi connectivity index (χ3n) is 14.7. The minimum atomic E-state index is -0.668. The highest BCUT2D eigenvalue weighted by Crippen LogP contribution is 2.17. The zero-order valence-electron chi connectivity index (χ0n) is 47.7. The summed E-state index contributed by atoms with van der Waals surface area (Å²) in [4.78, 5) is 24.6. The van der Waals surface area contributed by atoms with Crippen molar-refractivity contribution in [2.75, 3.05) is 13.2 Å². The SMILES string of the molecule is CCCCCC/C=C\C/C=C\CCCCCCCC(=O)OCCCCCCCCCCCCCC/C=C\CCCCCCCCCC(=O)NC(CO)C(O)CCCCCCCCCCCCCCCCC. The van der Waals surface area contributed by atoms with Gasteiger partial charge in [0.15, 0.2) is 0 Å². The van der Waals surface area contributed by atoms with Crippen LogP contribution in [0.4, 0.5) is 0 Å². The average molecular weight is 999 g/mol. The zero-order chi connectivity index (χ0) is 51.4. The third-order valence-corrected chi connectivity index (χ3v) is 14.7. The van der Waals surface area contributed by atoms with E-state index in [4.69, 9.17) is 4.74 Å². The Morgan fingerprint density at radius 3 is 1.10 bits per heavy atom. The second-order valence-electron chi connectivity index (χ2n) is 21.7. The molecule has 418 valence electrons. The monoisotopic (exact) mass is 998 g/mol. The maximum Gasteiger partial charge on any atom is 0.305 e. The van der Waals surface area contributed by atoms with Gasteiger partial charge in [0, 0.05) is 12.8 Å². The summed E-state index contributed by atoms with van der Waals surface area (Å²) in [7, 11) is 0. The molecule has 6 nitrogen and oxygen atoms in total. The minimum absolute atomic E-state index is 0.00182. The van der Waals surface area contributed by atoms with Gasteiger partial charge in [-0.1, -0.05) is 281 Å². The zero-order valence-corrected chi connectivity index (χ0v) is 47.7. The first kappa shape index (κ1) is 69.1. The number of hydrogen-bond donors (Lipinski definition) is 3. The molecular weight excluding hydrogens is 875 g/mol. The Balaban J connectivity index is 3.41. The molecule has 0 aliphatic carbocycles. The van der Waals surface area contributed by atoms with Gasteiger partial charge in [0.25, 0.3) is 0 Å². The third kappa shape index (κ3) is 57.2. The van der Waals surface area contributed by atoms with Crippen LogP contribution in [0.5, 0.6) is 0 Å². The van der Waals surface area contributed by atoms with Crippen LogP contribution in [0.2, 0.25) is 0 Å². The van der Waals surface area contributed by atoms with Gasteiger partial charge in [0.05, 0.1) is 25.4 Å². The number of hydrogen-bond acceptors (Lipinski definition) is 5. The largest absolute Gasteiger partial charge is 0.466 e. The Kier molecular flexibility index (Phi) is 59.0. The number of unbranched alkanes of at least 4 members (excludes halogenated alkanes) is 42. The van der Waals surface area contributed by atoms with Crippen molar-refractivity contribution in [1.82, 2.24) is 5.32 Å². The van der Waals surface area contributed by atoms with E-state index in [0.717, 1.165) is 51.4 Å². The van der Waals surface area contributed by atoms with Crippen LogP contribution in [0.3, 0.4) is 0 Å². The first-order chi connectivity index (χ1) is 35.0. The number of ether oxygens (including phenoxy) is 1. The summed E-state index contributed by atoms with van der Waals surface area (Å²) in [6.07, 6.45) is 75.8. The summed E-state index contributed by atoms with van der Waals surface area (Å²) < 4.78 is 5.48. The molecule has 0 rings (SSSR count). The molecule has 0 aromatic heterocycles. The van der Waals surface area contributed by atoms with E-state index >= 15 is 0 Å². The molecule has 0 aliphatic heterocycles. The average Bonchev–Trinajstić information content (AvgIpc) is 3.37. The smallest absolute Gasteiger partial charge is 0.305 e. The van der Waals surface area contributed by atoms with Crippen molar-refractivity contribution in [3.8, 4) is 0 Å². The van der Waals surface area contributed by atoms with Crippen LogP contribution in [0, 0.1) is 0 Å². The number of allylic oxidation sites excluding steroid dienone is 6. The molecule has 3 N–H and O–H groups in total. The van der Waals surface area contributed by atoms with Gasteiger partial charge in [-0.2, -0.15) is 0 Å². The molecule has 0 radical (unpaired) electrons. The van der Waals surface area contributed by atoms with Crippen molar-refractivity contribution >= 4 is 11.9 Å². The van der Waals surface area contributed by atoms with E-state index in [1.165, 1.54) is 257 Å². The van der Waals surface area contributed by atoms with Gasteiger partial charge in [-0.25, -0.2) is 0 Å². The first-order valence-corrected chi connectivity index (χ1v) is 31.7. The van der Waals surface area contributed by atoms with E-state index in [-0.39, 0.29) is 18.5 Å². The number of aliphatic hydroxyl groups excluding tert-OH is 2. The van der Waals surface area contributed by atoms with E-state index in [0.29, 0.717) is 25.9 Å². The molecule has 0 saturated carbocycles. The summed E-state index contributed by atoms with van der Waals surface area (Å²) in [5.74, 6) is -0.0418. The van der Waals surface area contributed by atoms with Crippen LogP contribution in [0.1, 0.15) is 341 Å². The number of nitrogens with one attached hydrogen (secondary N) is 1. The van der Waals surface area contributed by atoms with E-state index in [9.17, 15) is 19.8 Å². The second-order valence-corrected chi connectivity index (χ2v) is 21.7. The van der Waals surface area contributed by atoms with E-state index in [1.54, 1.807) is 0 Å². The van der Waals surface area contributed by atoms with Crippen LogP contribution in [0.25, 0.3) is 0 Å². The Bertz CT molecular complexity index is 1150. The second kappa shape index (κ2) is 60.6. The summed E-state index contributed by atoms with van der Waals surface area (Å²) in [5.41, 5.74) is 0. The maximum atomic E-state index is 12.5. The normalized spacial score (nSPS) is 12.8. The highest BCUT2D eigenvalue weighted by Gasteiger charge is 2.20. The number of amides is 1. The predicted octanol–water partition coefficient (Wildman–Crippen LogP) is 20.0. The fraction of sp³-hybridized carbons (Fsp3) is 0.877. The molecule has 0 aromatic carbocycles. The van der Waals surface area contributed by atoms with Crippen molar-refractivity contribution in [2.24, 2.45) is 0 Å². The molecule has 0 bridgehead atoms. The van der Waals surface area contributed by atoms with Crippen molar-refractivity contribution in [1.29, 1.82) is 0 Å². The molecule has 2 atom stereocenters. The maximum absolute atomic E-state index is 12.5. The van der Waals surface area contributed by atoms with Gasteiger partial charge in [-0.15, -0.1) is 0 Å². The van der Waals surface area contributed by atoms with Crippen LogP contribution < -0.4 is 5.32 Å². The number of carbonyl (C=O) groups excluding carboxylic acids is 2. The summed E-state index contributed by atoms with van der Waals surface area (Å²) in [5, 5.41) is 23.3. The molecule has 0 spiro atoms. The number of rotatable bonds is 59. The molecule has 0 aromatic rings. The van der Waals surface area contributed by atoms with Gasteiger partial charge in [-0.3, -0.25) is 9.59 Å². The van der Waals surface area contributed by atoms with E-state index < -0.39 is 12.1 Å². The Labute approximate surface area is 443 Å². The lowest BCUT2D eigenvalue weighted by Gasteiger charge is -2.22. The van der Waals surface area contributed by atoms with Crippen LogP contribution >= 0.6 is 0 Å². The molecular formula is C65H123NO5. The number of esters is 1. The molecule has 6 heteroatoms. The van der Waals surface area contributed by atoms with Crippen molar-refractivity contribution in [3.05, 3.63) is 36.5 Å². The molecule has 71 heavy (non-hydrogen) atoms. The van der Waals surface area contributed by atoms with E-state index in [2.05, 4.69) is 55.6 Å². The summed E-state index contributed by atoms with van der Waals surface area (Å²) in [6, 6.07) is -0.546. The minimum Gasteiger partial charge on any atom is -0.466 e. The number of aliphatic hydroxyl groups is 2.